The number of nitrogens with one attached hydrogen (secondary N) is 1. The summed E-state index contributed by atoms with van der Waals surface area (Å²) in [7, 11) is 0. The fourth-order valence-corrected chi connectivity index (χ4v) is 2.26. The molecule has 5 heteroatoms. The Morgan fingerprint density at radius 2 is 2.20 bits per heavy atom. The second kappa shape index (κ2) is 4.58. The Morgan fingerprint density at radius 3 is 2.87 bits per heavy atom. The lowest BCUT2D eigenvalue weighted by atomic mass is 10.2. The average Bonchev–Trinajstić information content (AvgIpc) is 2.17. The highest BCUT2D eigenvalue weighted by Gasteiger charge is 2.18. The second-order valence-corrected chi connectivity index (χ2v) is 4.45. The number of rotatable bonds is 1. The number of hydrogen-bond acceptors (Lipinski definition) is 3. The van der Waals surface area contributed by atoms with E-state index in [1.807, 2.05) is 12.1 Å². The van der Waals surface area contributed by atoms with E-state index in [9.17, 15) is 0 Å². The Kier molecular flexibility index (Phi) is 3.36. The van der Waals surface area contributed by atoms with Gasteiger partial charge in [0.25, 0.3) is 0 Å². The molecule has 1 saturated heterocycles. The van der Waals surface area contributed by atoms with Crippen molar-refractivity contribution in [3.63, 3.8) is 0 Å². The highest BCUT2D eigenvalue weighted by Crippen LogP contribution is 2.29. The molecule has 1 aromatic rings. The van der Waals surface area contributed by atoms with Gasteiger partial charge in [-0.3, -0.25) is 5.32 Å². The maximum absolute atomic E-state index is 6.12. The zero-order valence-corrected chi connectivity index (χ0v) is 9.72. The maximum Gasteiger partial charge on any atom is 0.0727 e. The van der Waals surface area contributed by atoms with Crippen LogP contribution < -0.4 is 16.0 Å². The van der Waals surface area contributed by atoms with E-state index in [1.54, 1.807) is 6.07 Å². The van der Waals surface area contributed by atoms with Crippen LogP contribution in [0.2, 0.25) is 10.0 Å². The van der Waals surface area contributed by atoms with Gasteiger partial charge in [-0.2, -0.15) is 0 Å². The van der Waals surface area contributed by atoms with Crippen molar-refractivity contribution in [1.82, 2.24) is 5.32 Å². The van der Waals surface area contributed by atoms with E-state index in [-0.39, 0.29) is 6.17 Å². The Balaban J connectivity index is 2.21. The number of hydrogen-bond donors (Lipinski definition) is 2. The van der Waals surface area contributed by atoms with Crippen LogP contribution in [0.15, 0.2) is 18.2 Å². The normalized spacial score (nSPS) is 21.8. The molecule has 1 fully saturated rings. The Bertz CT molecular complexity index is 357. The van der Waals surface area contributed by atoms with Crippen molar-refractivity contribution in [1.29, 1.82) is 0 Å². The number of halogens is 2. The smallest absolute Gasteiger partial charge is 0.0727 e. The molecule has 0 amide bonds. The van der Waals surface area contributed by atoms with Gasteiger partial charge in [-0.1, -0.05) is 23.2 Å². The standard InChI is InChI=1S/C10H13Cl2N3/c11-7-1-2-9(8(12)5-7)15-4-3-14-10(13)6-15/h1-2,5,10,14H,3-4,6,13H2. The van der Waals surface area contributed by atoms with Crippen LogP contribution in [-0.2, 0) is 0 Å². The molecule has 3 nitrogen and oxygen atoms in total. The molecule has 0 saturated carbocycles. The van der Waals surface area contributed by atoms with E-state index in [0.717, 1.165) is 25.3 Å². The molecule has 82 valence electrons. The van der Waals surface area contributed by atoms with E-state index in [4.69, 9.17) is 28.9 Å². The number of benzene rings is 1. The first kappa shape index (κ1) is 11.0. The molecule has 1 atom stereocenters. The molecule has 15 heavy (non-hydrogen) atoms. The first-order valence-electron chi connectivity index (χ1n) is 4.86. The molecule has 0 bridgehead atoms. The summed E-state index contributed by atoms with van der Waals surface area (Å²) in [5.41, 5.74) is 6.82. The third-order valence-electron chi connectivity index (χ3n) is 2.46. The van der Waals surface area contributed by atoms with Crippen molar-refractivity contribution < 1.29 is 0 Å². The van der Waals surface area contributed by atoms with Crippen molar-refractivity contribution in [2.75, 3.05) is 24.5 Å². The van der Waals surface area contributed by atoms with Crippen LogP contribution in [0.5, 0.6) is 0 Å². The summed E-state index contributed by atoms with van der Waals surface area (Å²) in [6.07, 6.45) is 0.00509. The summed E-state index contributed by atoms with van der Waals surface area (Å²) >= 11 is 12.0. The minimum Gasteiger partial charge on any atom is -0.366 e. The van der Waals surface area contributed by atoms with Crippen molar-refractivity contribution in [3.05, 3.63) is 28.2 Å². The summed E-state index contributed by atoms with van der Waals surface area (Å²) in [5.74, 6) is 0. The minimum absolute atomic E-state index is 0.00509. The second-order valence-electron chi connectivity index (χ2n) is 3.60. The van der Waals surface area contributed by atoms with E-state index in [2.05, 4.69) is 10.2 Å². The predicted molar refractivity (Wildman–Crippen MR) is 64.7 cm³/mol. The first-order valence-corrected chi connectivity index (χ1v) is 5.61. The number of nitrogens with two attached hydrogens (primary N) is 1. The third kappa shape index (κ3) is 2.55. The largest absolute Gasteiger partial charge is 0.366 e. The lowest BCUT2D eigenvalue weighted by Crippen LogP contribution is -2.55. The Hall–Kier alpha value is -0.480. The first-order chi connectivity index (χ1) is 7.16. The van der Waals surface area contributed by atoms with Gasteiger partial charge in [-0.15, -0.1) is 0 Å². The van der Waals surface area contributed by atoms with Crippen LogP contribution in [-0.4, -0.2) is 25.8 Å². The van der Waals surface area contributed by atoms with E-state index in [1.165, 1.54) is 0 Å². The SMILES string of the molecule is NC1CN(c2ccc(Cl)cc2Cl)CCN1. The van der Waals surface area contributed by atoms with Gasteiger partial charge in [-0.05, 0) is 18.2 Å². The molecule has 0 aromatic heterocycles. The molecule has 2 rings (SSSR count). The molecule has 3 N–H and O–H groups in total. The van der Waals surface area contributed by atoms with Crippen molar-refractivity contribution in [2.45, 2.75) is 6.17 Å². The number of anilines is 1. The molecule has 1 aliphatic heterocycles. The van der Waals surface area contributed by atoms with Crippen LogP contribution in [0, 0.1) is 0 Å². The summed E-state index contributed by atoms with van der Waals surface area (Å²) in [6.45, 7) is 2.55. The zero-order chi connectivity index (χ0) is 10.8. The number of piperazine rings is 1. The Labute approximate surface area is 99.1 Å². The fourth-order valence-electron chi connectivity index (χ4n) is 1.73. The molecule has 0 aliphatic carbocycles. The molecular formula is C10H13Cl2N3. The molecule has 1 unspecified atom stereocenters. The number of nitrogens with zero attached hydrogens (tertiary/aromatic N) is 1. The van der Waals surface area contributed by atoms with Crippen LogP contribution >= 0.6 is 23.2 Å². The molecular weight excluding hydrogens is 233 g/mol. The fraction of sp³-hybridized carbons (Fsp3) is 0.400. The van der Waals surface area contributed by atoms with Gasteiger partial charge in [0.2, 0.25) is 0 Å². The van der Waals surface area contributed by atoms with Gasteiger partial charge in [0, 0.05) is 24.7 Å². The van der Waals surface area contributed by atoms with Gasteiger partial charge >= 0.3 is 0 Å². The van der Waals surface area contributed by atoms with Crippen molar-refractivity contribution in [3.8, 4) is 0 Å². The third-order valence-corrected chi connectivity index (χ3v) is 2.99. The van der Waals surface area contributed by atoms with Crippen LogP contribution in [0.3, 0.4) is 0 Å². The minimum atomic E-state index is 0.00509. The van der Waals surface area contributed by atoms with Crippen LogP contribution in [0.4, 0.5) is 5.69 Å². The van der Waals surface area contributed by atoms with E-state index < -0.39 is 0 Å². The lowest BCUT2D eigenvalue weighted by Gasteiger charge is -2.33. The molecule has 0 radical (unpaired) electrons. The van der Waals surface area contributed by atoms with E-state index >= 15 is 0 Å². The zero-order valence-electron chi connectivity index (χ0n) is 8.21. The topological polar surface area (TPSA) is 41.3 Å². The summed E-state index contributed by atoms with van der Waals surface area (Å²) in [4.78, 5) is 2.17. The van der Waals surface area contributed by atoms with E-state index in [0.29, 0.717) is 10.0 Å². The predicted octanol–water partition coefficient (Wildman–Crippen LogP) is 1.69. The van der Waals surface area contributed by atoms with Gasteiger partial charge in [0.05, 0.1) is 16.9 Å². The molecule has 0 spiro atoms. The average molecular weight is 246 g/mol. The highest BCUT2D eigenvalue weighted by molar-refractivity contribution is 6.36. The summed E-state index contributed by atoms with van der Waals surface area (Å²) in [6, 6.07) is 5.53. The van der Waals surface area contributed by atoms with Crippen molar-refractivity contribution in [2.24, 2.45) is 5.73 Å². The van der Waals surface area contributed by atoms with Gasteiger partial charge < -0.3 is 10.6 Å². The monoisotopic (exact) mass is 245 g/mol. The molecule has 1 aromatic carbocycles. The molecule has 1 aliphatic rings. The van der Waals surface area contributed by atoms with Crippen LogP contribution in [0.1, 0.15) is 0 Å². The van der Waals surface area contributed by atoms with Crippen LogP contribution in [0.25, 0.3) is 0 Å². The molecule has 1 heterocycles. The van der Waals surface area contributed by atoms with Gasteiger partial charge in [0.15, 0.2) is 0 Å². The summed E-state index contributed by atoms with van der Waals surface area (Å²) in [5, 5.41) is 4.51. The van der Waals surface area contributed by atoms with Gasteiger partial charge in [0.1, 0.15) is 0 Å². The lowest BCUT2D eigenvalue weighted by molar-refractivity contribution is 0.469. The Morgan fingerprint density at radius 1 is 1.40 bits per heavy atom. The van der Waals surface area contributed by atoms with Gasteiger partial charge in [-0.25, -0.2) is 0 Å². The quantitative estimate of drug-likeness (QED) is 0.792. The van der Waals surface area contributed by atoms with Crippen molar-refractivity contribution >= 4 is 28.9 Å². The highest BCUT2D eigenvalue weighted by atomic mass is 35.5. The maximum atomic E-state index is 6.12. The summed E-state index contributed by atoms with van der Waals surface area (Å²) < 4.78 is 0.